The van der Waals surface area contributed by atoms with Crippen LogP contribution in [0.4, 0.5) is 0 Å². The lowest BCUT2D eigenvalue weighted by Crippen LogP contribution is -2.34. The van der Waals surface area contributed by atoms with E-state index >= 15 is 0 Å². The first-order valence-corrected chi connectivity index (χ1v) is 9.66. The minimum atomic E-state index is 0.218. The molecule has 3 rings (SSSR count). The van der Waals surface area contributed by atoms with Crippen LogP contribution < -0.4 is 0 Å². The lowest BCUT2D eigenvalue weighted by atomic mass is 10.0. The van der Waals surface area contributed by atoms with Gasteiger partial charge in [0.15, 0.2) is 0 Å². The van der Waals surface area contributed by atoms with Crippen LogP contribution in [-0.4, -0.2) is 34.6 Å². The Morgan fingerprint density at radius 2 is 2.04 bits per heavy atom. The molecule has 0 bridgehead atoms. The van der Waals surface area contributed by atoms with Gasteiger partial charge < -0.3 is 4.90 Å². The second-order valence-corrected chi connectivity index (χ2v) is 7.29. The summed E-state index contributed by atoms with van der Waals surface area (Å²) in [6.45, 7) is 3.57. The van der Waals surface area contributed by atoms with Crippen LogP contribution in [0.3, 0.4) is 0 Å². The van der Waals surface area contributed by atoms with E-state index < -0.39 is 0 Å². The van der Waals surface area contributed by atoms with E-state index in [-0.39, 0.29) is 5.91 Å². The maximum atomic E-state index is 12.6. The fourth-order valence-corrected chi connectivity index (χ4v) is 4.10. The quantitative estimate of drug-likeness (QED) is 0.803. The van der Waals surface area contributed by atoms with Crippen molar-refractivity contribution in [2.24, 2.45) is 0 Å². The summed E-state index contributed by atoms with van der Waals surface area (Å²) in [6.07, 6.45) is 7.37. The van der Waals surface area contributed by atoms with Crippen molar-refractivity contribution in [2.45, 2.75) is 37.5 Å². The average molecular weight is 340 g/mol. The van der Waals surface area contributed by atoms with E-state index in [2.05, 4.69) is 23.2 Å². The van der Waals surface area contributed by atoms with E-state index in [1.54, 1.807) is 12.4 Å². The number of fused-ring (bicyclic) bond motifs is 1. The van der Waals surface area contributed by atoms with Crippen molar-refractivity contribution in [3.63, 3.8) is 0 Å². The summed E-state index contributed by atoms with van der Waals surface area (Å²) < 4.78 is 0. The van der Waals surface area contributed by atoms with Crippen molar-refractivity contribution in [1.29, 1.82) is 0 Å². The Balaban J connectivity index is 1.60. The second-order valence-electron chi connectivity index (χ2n) is 6.15. The van der Waals surface area contributed by atoms with Crippen LogP contribution in [0.2, 0.25) is 0 Å². The van der Waals surface area contributed by atoms with Crippen LogP contribution in [-0.2, 0) is 24.1 Å². The number of hydrogen-bond donors (Lipinski definition) is 0. The third-order valence-corrected chi connectivity index (χ3v) is 5.68. The van der Waals surface area contributed by atoms with Crippen molar-refractivity contribution in [3.05, 3.63) is 59.4 Å². The number of pyridine rings is 1. The van der Waals surface area contributed by atoms with Gasteiger partial charge in [-0.15, -0.1) is 11.8 Å². The molecule has 0 N–H and O–H groups in total. The molecule has 2 aromatic rings. The molecule has 3 nitrogen and oxygen atoms in total. The molecule has 0 aliphatic carbocycles. The highest BCUT2D eigenvalue weighted by molar-refractivity contribution is 7.99. The molecule has 0 saturated heterocycles. The summed E-state index contributed by atoms with van der Waals surface area (Å²) in [4.78, 5) is 20.0. The van der Waals surface area contributed by atoms with Crippen molar-refractivity contribution in [3.8, 4) is 0 Å². The topological polar surface area (TPSA) is 33.2 Å². The van der Waals surface area contributed by atoms with Crippen molar-refractivity contribution in [1.82, 2.24) is 9.88 Å². The maximum absolute atomic E-state index is 12.6. The zero-order valence-corrected chi connectivity index (χ0v) is 15.0. The molecule has 1 aliphatic rings. The number of aryl methyl sites for hydroxylation is 1. The number of carbonyl (C=O) groups excluding carboxylic acids is 1. The van der Waals surface area contributed by atoms with Gasteiger partial charge in [-0.1, -0.05) is 12.1 Å². The van der Waals surface area contributed by atoms with Gasteiger partial charge in [-0.2, -0.15) is 0 Å². The van der Waals surface area contributed by atoms with Gasteiger partial charge in [0, 0.05) is 30.4 Å². The number of carbonyl (C=O) groups is 1. The van der Waals surface area contributed by atoms with Crippen LogP contribution in [0.1, 0.15) is 30.0 Å². The monoisotopic (exact) mass is 340 g/mol. The number of rotatable bonds is 6. The van der Waals surface area contributed by atoms with Gasteiger partial charge in [-0.3, -0.25) is 9.78 Å². The largest absolute Gasteiger partial charge is 0.342 e. The molecule has 0 atom stereocenters. The van der Waals surface area contributed by atoms with Gasteiger partial charge in [0.05, 0.1) is 6.42 Å². The van der Waals surface area contributed by atoms with E-state index in [4.69, 9.17) is 0 Å². The molecule has 0 fully saturated rings. The fourth-order valence-electron chi connectivity index (χ4n) is 3.08. The number of likely N-dealkylation sites (N-methyl/N-ethyl adjacent to an activating group) is 1. The van der Waals surface area contributed by atoms with E-state index in [0.717, 1.165) is 31.5 Å². The van der Waals surface area contributed by atoms with Crippen molar-refractivity contribution >= 4 is 17.7 Å². The fraction of sp³-hybridized carbons (Fsp3) is 0.400. The average Bonchev–Trinajstić information content (AvgIpc) is 2.63. The van der Waals surface area contributed by atoms with E-state index in [0.29, 0.717) is 6.42 Å². The van der Waals surface area contributed by atoms with Crippen LogP contribution >= 0.6 is 11.8 Å². The number of nitrogens with zero attached hydrogens (tertiary/aromatic N) is 2. The predicted octanol–water partition coefficient (Wildman–Crippen LogP) is 3.75. The van der Waals surface area contributed by atoms with Gasteiger partial charge in [-0.25, -0.2) is 0 Å². The highest BCUT2D eigenvalue weighted by Crippen LogP contribution is 2.30. The Morgan fingerprint density at radius 3 is 2.83 bits per heavy atom. The first kappa shape index (κ1) is 17.0. The Kier molecular flexibility index (Phi) is 5.91. The Labute approximate surface area is 148 Å². The summed E-state index contributed by atoms with van der Waals surface area (Å²) in [6, 6.07) is 10.6. The highest BCUT2D eigenvalue weighted by atomic mass is 32.2. The van der Waals surface area contributed by atoms with Crippen molar-refractivity contribution in [2.75, 3.05) is 18.8 Å². The molecule has 1 aromatic carbocycles. The molecule has 4 heteroatoms. The van der Waals surface area contributed by atoms with E-state index in [1.807, 2.05) is 35.7 Å². The summed E-state index contributed by atoms with van der Waals surface area (Å²) in [7, 11) is 0. The molecule has 1 aromatic heterocycles. The third kappa shape index (κ3) is 4.38. The lowest BCUT2D eigenvalue weighted by molar-refractivity contribution is -0.130. The van der Waals surface area contributed by atoms with Gasteiger partial charge >= 0.3 is 0 Å². The summed E-state index contributed by atoms with van der Waals surface area (Å²) in [5.74, 6) is 1.43. The van der Waals surface area contributed by atoms with Gasteiger partial charge in [0.2, 0.25) is 5.91 Å². The van der Waals surface area contributed by atoms with Gasteiger partial charge in [0.25, 0.3) is 0 Å². The first-order chi connectivity index (χ1) is 11.8. The molecular formula is C20H24N2OS. The number of benzene rings is 1. The zero-order valence-electron chi connectivity index (χ0n) is 14.2. The standard InChI is InChI=1S/C20H24N2OS/c1-2-22(12-9-16-7-10-21-11-8-16)20(23)15-17-5-6-19-18(14-17)4-3-13-24-19/h5-8,10-11,14H,2-4,9,12-13,15H2,1H3. The van der Waals surface area contributed by atoms with Crippen LogP contribution in [0.15, 0.2) is 47.6 Å². The smallest absolute Gasteiger partial charge is 0.226 e. The number of hydrogen-bond acceptors (Lipinski definition) is 3. The molecule has 2 heterocycles. The summed E-state index contributed by atoms with van der Waals surface area (Å²) in [5, 5.41) is 0. The predicted molar refractivity (Wildman–Crippen MR) is 99.4 cm³/mol. The van der Waals surface area contributed by atoms with Gasteiger partial charge in [0.1, 0.15) is 0 Å². The normalized spacial score (nSPS) is 13.4. The van der Waals surface area contributed by atoms with E-state index in [1.165, 1.54) is 28.2 Å². The molecule has 0 spiro atoms. The zero-order chi connectivity index (χ0) is 16.8. The van der Waals surface area contributed by atoms with Crippen LogP contribution in [0.25, 0.3) is 0 Å². The molecule has 1 aliphatic heterocycles. The number of thioether (sulfide) groups is 1. The van der Waals surface area contributed by atoms with E-state index in [9.17, 15) is 4.79 Å². The minimum absolute atomic E-state index is 0.218. The molecule has 0 unspecified atom stereocenters. The molecule has 0 saturated carbocycles. The minimum Gasteiger partial charge on any atom is -0.342 e. The lowest BCUT2D eigenvalue weighted by Gasteiger charge is -2.22. The molecule has 0 radical (unpaired) electrons. The van der Waals surface area contributed by atoms with Crippen LogP contribution in [0, 0.1) is 0 Å². The third-order valence-electron chi connectivity index (χ3n) is 4.48. The summed E-state index contributed by atoms with van der Waals surface area (Å²) >= 11 is 1.93. The maximum Gasteiger partial charge on any atom is 0.226 e. The Bertz CT molecular complexity index is 687. The Morgan fingerprint density at radius 1 is 1.21 bits per heavy atom. The molecule has 1 amide bonds. The number of amides is 1. The molecular weight excluding hydrogens is 316 g/mol. The molecule has 24 heavy (non-hydrogen) atoms. The highest BCUT2D eigenvalue weighted by Gasteiger charge is 2.15. The SMILES string of the molecule is CCN(CCc1ccncc1)C(=O)Cc1ccc2c(c1)CCCS2. The van der Waals surface area contributed by atoms with Crippen molar-refractivity contribution < 1.29 is 4.79 Å². The van der Waals surface area contributed by atoms with Gasteiger partial charge in [-0.05, 0) is 66.8 Å². The van der Waals surface area contributed by atoms with Crippen LogP contribution in [0.5, 0.6) is 0 Å². The summed E-state index contributed by atoms with van der Waals surface area (Å²) in [5.41, 5.74) is 3.78. The number of aromatic nitrogens is 1. The molecule has 126 valence electrons. The first-order valence-electron chi connectivity index (χ1n) is 8.67. The second kappa shape index (κ2) is 8.34. The Hall–Kier alpha value is -1.81.